The van der Waals surface area contributed by atoms with Crippen LogP contribution < -0.4 is 20.1 Å². The minimum atomic E-state index is 0.186. The van der Waals surface area contributed by atoms with Crippen molar-refractivity contribution in [2.45, 2.75) is 32.4 Å². The quantitative estimate of drug-likeness (QED) is 0.347. The molecule has 0 saturated carbocycles. The first kappa shape index (κ1) is 22.6. The molecule has 7 nitrogen and oxygen atoms in total. The standard InChI is InChI=1S/C24H32N4O3/c1-4-14-30-23-16-19(10-11-22(23)29-3)17-26-24(25-5-2)27-18-20(21-9-8-15-31-21)28-12-6-7-13-28/h1,8-11,15-16,20H,5-7,12-14,17-18H2,2-3H3,(H2,25,26,27). The van der Waals surface area contributed by atoms with E-state index in [0.29, 0.717) is 18.0 Å². The summed E-state index contributed by atoms with van der Waals surface area (Å²) in [6.07, 6.45) is 9.51. The van der Waals surface area contributed by atoms with Crippen LogP contribution in [0.1, 0.15) is 37.1 Å². The lowest BCUT2D eigenvalue weighted by Crippen LogP contribution is -2.42. The van der Waals surface area contributed by atoms with E-state index in [1.54, 1.807) is 13.4 Å². The van der Waals surface area contributed by atoms with Gasteiger partial charge in [-0.1, -0.05) is 12.0 Å². The van der Waals surface area contributed by atoms with Gasteiger partial charge in [-0.2, -0.15) is 0 Å². The van der Waals surface area contributed by atoms with Crippen LogP contribution in [0.5, 0.6) is 11.5 Å². The molecule has 2 N–H and O–H groups in total. The van der Waals surface area contributed by atoms with Gasteiger partial charge >= 0.3 is 0 Å². The van der Waals surface area contributed by atoms with E-state index >= 15 is 0 Å². The van der Waals surface area contributed by atoms with Crippen molar-refractivity contribution in [3.05, 3.63) is 47.9 Å². The molecule has 7 heteroatoms. The Balaban J connectivity index is 1.67. The molecule has 1 atom stereocenters. The lowest BCUT2D eigenvalue weighted by Gasteiger charge is -2.26. The lowest BCUT2D eigenvalue weighted by atomic mass is 10.2. The first-order valence-electron chi connectivity index (χ1n) is 10.8. The number of rotatable bonds is 10. The van der Waals surface area contributed by atoms with E-state index in [0.717, 1.165) is 43.5 Å². The molecule has 1 aliphatic rings. The highest BCUT2D eigenvalue weighted by molar-refractivity contribution is 5.79. The van der Waals surface area contributed by atoms with Crippen LogP contribution in [-0.4, -0.2) is 50.8 Å². The molecule has 166 valence electrons. The Morgan fingerprint density at radius 2 is 2.10 bits per heavy atom. The molecular formula is C24H32N4O3. The van der Waals surface area contributed by atoms with Crippen LogP contribution in [-0.2, 0) is 6.54 Å². The number of nitrogens with one attached hydrogen (secondary N) is 2. The van der Waals surface area contributed by atoms with Crippen LogP contribution >= 0.6 is 0 Å². The number of ether oxygens (including phenoxy) is 2. The molecule has 2 aromatic rings. The number of benzene rings is 1. The van der Waals surface area contributed by atoms with Gasteiger partial charge in [0.25, 0.3) is 0 Å². The fraction of sp³-hybridized carbons (Fsp3) is 0.458. The van der Waals surface area contributed by atoms with E-state index < -0.39 is 0 Å². The second-order valence-electron chi connectivity index (χ2n) is 7.33. The van der Waals surface area contributed by atoms with Crippen molar-refractivity contribution in [1.29, 1.82) is 0 Å². The SMILES string of the molecule is C#CCOc1cc(CN=C(NCC)NCC(c2ccco2)N2CCCC2)ccc1OC. The molecular weight excluding hydrogens is 392 g/mol. The smallest absolute Gasteiger partial charge is 0.191 e. The number of furan rings is 1. The predicted molar refractivity (Wildman–Crippen MR) is 122 cm³/mol. The van der Waals surface area contributed by atoms with Gasteiger partial charge in [0.15, 0.2) is 17.5 Å². The Bertz CT molecular complexity index is 867. The summed E-state index contributed by atoms with van der Waals surface area (Å²) in [4.78, 5) is 7.22. The van der Waals surface area contributed by atoms with Crippen LogP contribution in [0, 0.1) is 12.3 Å². The summed E-state index contributed by atoms with van der Waals surface area (Å²) >= 11 is 0. The van der Waals surface area contributed by atoms with E-state index in [9.17, 15) is 0 Å². The number of nitrogens with zero attached hydrogens (tertiary/aromatic N) is 2. The Morgan fingerprint density at radius 1 is 1.26 bits per heavy atom. The van der Waals surface area contributed by atoms with Crippen molar-refractivity contribution in [3.8, 4) is 23.8 Å². The summed E-state index contributed by atoms with van der Waals surface area (Å²) in [6.45, 7) is 6.43. The highest BCUT2D eigenvalue weighted by Gasteiger charge is 2.25. The summed E-state index contributed by atoms with van der Waals surface area (Å²) in [5.74, 6) is 5.50. The van der Waals surface area contributed by atoms with Crippen LogP contribution in [0.15, 0.2) is 46.0 Å². The van der Waals surface area contributed by atoms with Gasteiger partial charge < -0.3 is 24.5 Å². The van der Waals surface area contributed by atoms with Gasteiger partial charge in [-0.3, -0.25) is 4.90 Å². The fourth-order valence-electron chi connectivity index (χ4n) is 3.70. The van der Waals surface area contributed by atoms with Gasteiger partial charge in [-0.15, -0.1) is 6.42 Å². The Labute approximate surface area is 184 Å². The molecule has 1 aliphatic heterocycles. The number of hydrogen-bond donors (Lipinski definition) is 2. The minimum Gasteiger partial charge on any atom is -0.493 e. The lowest BCUT2D eigenvalue weighted by molar-refractivity contribution is 0.215. The maximum Gasteiger partial charge on any atom is 0.191 e. The van der Waals surface area contributed by atoms with Crippen LogP contribution in [0.25, 0.3) is 0 Å². The van der Waals surface area contributed by atoms with Gasteiger partial charge in [0.05, 0.1) is 26.0 Å². The summed E-state index contributed by atoms with van der Waals surface area (Å²) in [5, 5.41) is 6.81. The monoisotopic (exact) mass is 424 g/mol. The van der Waals surface area contributed by atoms with Gasteiger partial charge in [-0.05, 0) is 62.7 Å². The van der Waals surface area contributed by atoms with Crippen molar-refractivity contribution in [2.75, 3.05) is 39.9 Å². The fourth-order valence-corrected chi connectivity index (χ4v) is 3.70. The van der Waals surface area contributed by atoms with Crippen molar-refractivity contribution >= 4 is 5.96 Å². The van der Waals surface area contributed by atoms with Crippen molar-refractivity contribution < 1.29 is 13.9 Å². The topological polar surface area (TPSA) is 71.3 Å². The zero-order chi connectivity index (χ0) is 21.9. The van der Waals surface area contributed by atoms with Crippen LogP contribution in [0.2, 0.25) is 0 Å². The van der Waals surface area contributed by atoms with Gasteiger partial charge in [-0.25, -0.2) is 4.99 Å². The zero-order valence-electron chi connectivity index (χ0n) is 18.4. The maximum atomic E-state index is 5.72. The number of guanidine groups is 1. The molecule has 0 aliphatic carbocycles. The van der Waals surface area contributed by atoms with E-state index in [2.05, 4.69) is 28.4 Å². The van der Waals surface area contributed by atoms with E-state index in [4.69, 9.17) is 25.3 Å². The van der Waals surface area contributed by atoms with Gasteiger partial charge in [0.1, 0.15) is 12.4 Å². The normalized spacial score (nSPS) is 15.3. The molecule has 1 saturated heterocycles. The van der Waals surface area contributed by atoms with Crippen molar-refractivity contribution in [2.24, 2.45) is 4.99 Å². The third-order valence-corrected chi connectivity index (χ3v) is 5.22. The molecule has 0 amide bonds. The molecule has 1 aromatic carbocycles. The molecule has 0 bridgehead atoms. The van der Waals surface area contributed by atoms with E-state index in [-0.39, 0.29) is 12.6 Å². The second kappa shape index (κ2) is 11.9. The summed E-state index contributed by atoms with van der Waals surface area (Å²) < 4.78 is 16.7. The highest BCUT2D eigenvalue weighted by Crippen LogP contribution is 2.28. The number of methoxy groups -OCH3 is 1. The number of terminal acetylenes is 1. The molecule has 0 radical (unpaired) electrons. The van der Waals surface area contributed by atoms with Crippen molar-refractivity contribution in [3.63, 3.8) is 0 Å². The third-order valence-electron chi connectivity index (χ3n) is 5.22. The van der Waals surface area contributed by atoms with Gasteiger partial charge in [0, 0.05) is 13.1 Å². The summed E-state index contributed by atoms with van der Waals surface area (Å²) in [7, 11) is 1.61. The molecule has 1 fully saturated rings. The molecule has 1 unspecified atom stereocenters. The Kier molecular flexibility index (Phi) is 8.68. The minimum absolute atomic E-state index is 0.186. The van der Waals surface area contributed by atoms with E-state index in [1.165, 1.54) is 12.8 Å². The first-order valence-corrected chi connectivity index (χ1v) is 10.8. The van der Waals surface area contributed by atoms with Crippen LogP contribution in [0.3, 0.4) is 0 Å². The Morgan fingerprint density at radius 3 is 2.77 bits per heavy atom. The molecule has 0 spiro atoms. The molecule has 3 rings (SSSR count). The number of likely N-dealkylation sites (tertiary alicyclic amines) is 1. The van der Waals surface area contributed by atoms with E-state index in [1.807, 2.05) is 30.3 Å². The number of hydrogen-bond acceptors (Lipinski definition) is 5. The molecule has 2 heterocycles. The third kappa shape index (κ3) is 6.43. The second-order valence-corrected chi connectivity index (χ2v) is 7.33. The summed E-state index contributed by atoms with van der Waals surface area (Å²) in [6, 6.07) is 9.94. The largest absolute Gasteiger partial charge is 0.493 e. The average molecular weight is 425 g/mol. The highest BCUT2D eigenvalue weighted by atomic mass is 16.5. The Hall–Kier alpha value is -3.11. The predicted octanol–water partition coefficient (Wildman–Crippen LogP) is 3.19. The maximum absolute atomic E-state index is 5.72. The summed E-state index contributed by atoms with van der Waals surface area (Å²) in [5.41, 5.74) is 1.01. The van der Waals surface area contributed by atoms with Crippen molar-refractivity contribution in [1.82, 2.24) is 15.5 Å². The first-order chi connectivity index (χ1) is 15.2. The van der Waals surface area contributed by atoms with Gasteiger partial charge in [0.2, 0.25) is 0 Å². The van der Waals surface area contributed by atoms with Crippen LogP contribution in [0.4, 0.5) is 0 Å². The average Bonchev–Trinajstić information content (AvgIpc) is 3.51. The zero-order valence-corrected chi connectivity index (χ0v) is 18.4. The molecule has 1 aromatic heterocycles. The number of aliphatic imine (C=N–C) groups is 1. The molecule has 31 heavy (non-hydrogen) atoms.